The highest BCUT2D eigenvalue weighted by Crippen LogP contribution is 1.82. The molecule has 1 aliphatic heterocycles. The summed E-state index contributed by atoms with van der Waals surface area (Å²) in [6.45, 7) is 0. The maximum atomic E-state index is 2.12. The molecule has 0 N–H and O–H groups in total. The summed E-state index contributed by atoms with van der Waals surface area (Å²) in [7, 11) is 1.14. The molecule has 0 nitrogen and oxygen atoms in total. The minimum atomic E-state index is 0. The van der Waals surface area contributed by atoms with E-state index in [1.54, 1.807) is 0 Å². The normalized spacial score (nSPS) is 13.3. The molecule has 0 saturated carbocycles. The van der Waals surface area contributed by atoms with Gasteiger partial charge < -0.3 is 0 Å². The van der Waals surface area contributed by atoms with Crippen LogP contribution >= 0.6 is 0 Å². The molecule has 0 bridgehead atoms. The van der Waals surface area contributed by atoms with Crippen molar-refractivity contribution in [3.8, 4) is 0 Å². The smallest absolute Gasteiger partial charge is 0.114 e. The first kappa shape index (κ1) is 5.54. The molecule has 6 heavy (non-hydrogen) atoms. The summed E-state index contributed by atoms with van der Waals surface area (Å²) >= 11 is 0. The van der Waals surface area contributed by atoms with Gasteiger partial charge in [-0.2, -0.15) is 0 Å². The summed E-state index contributed by atoms with van der Waals surface area (Å²) in [5, 5.41) is 0. The maximum absolute atomic E-state index is 2.12. The van der Waals surface area contributed by atoms with Crippen molar-refractivity contribution in [2.24, 2.45) is 0 Å². The van der Waals surface area contributed by atoms with Crippen LogP contribution in [0, 0.1) is 7.43 Å². The fraction of sp³-hybridized carbons (Fsp3) is 0. The molecule has 0 spiro atoms. The number of rotatable bonds is 0. The lowest BCUT2D eigenvalue weighted by Crippen LogP contribution is -1.63. The van der Waals surface area contributed by atoms with E-state index in [0.717, 1.165) is 7.28 Å². The molecule has 1 heteroatoms. The number of hydrogen-bond acceptors (Lipinski definition) is 0. The van der Waals surface area contributed by atoms with Crippen LogP contribution in [0.4, 0.5) is 0 Å². The predicted octanol–water partition coefficient (Wildman–Crippen LogP) is 0.545. The van der Waals surface area contributed by atoms with Crippen molar-refractivity contribution in [2.75, 3.05) is 0 Å². The molecule has 1 heterocycles. The van der Waals surface area contributed by atoms with Crippen LogP contribution in [0.15, 0.2) is 24.1 Å². The molecule has 0 fully saturated rings. The van der Waals surface area contributed by atoms with Crippen LogP contribution in [0.2, 0.25) is 0 Å². The second-order valence-electron chi connectivity index (χ2n) is 1.09. The average molecular weight is 75.9 g/mol. The van der Waals surface area contributed by atoms with Crippen LogP contribution in [-0.2, 0) is 0 Å². The zero-order chi connectivity index (χ0) is 3.54. The molecule has 0 amide bonds. The molecular weight excluding hydrogens is 70.9 g/mol. The molecule has 0 aromatic rings. The molecule has 1 aliphatic rings. The first-order valence-electron chi connectivity index (χ1n) is 1.82. The van der Waals surface area contributed by atoms with Gasteiger partial charge in [0.2, 0.25) is 0 Å². The van der Waals surface area contributed by atoms with Crippen molar-refractivity contribution in [1.29, 1.82) is 0 Å². The van der Waals surface area contributed by atoms with E-state index >= 15 is 0 Å². The van der Waals surface area contributed by atoms with Crippen LogP contribution in [0.3, 0.4) is 0 Å². The lowest BCUT2D eigenvalue weighted by Gasteiger charge is -1.51. The van der Waals surface area contributed by atoms with Crippen molar-refractivity contribution >= 4 is 7.28 Å². The highest BCUT2D eigenvalue weighted by atomic mass is 13.6. The van der Waals surface area contributed by atoms with Crippen LogP contribution < -0.4 is 0 Å². The van der Waals surface area contributed by atoms with E-state index in [2.05, 4.69) is 24.1 Å². The lowest BCUT2D eigenvalue weighted by atomic mass is 9.83. The van der Waals surface area contributed by atoms with Crippen molar-refractivity contribution in [3.05, 3.63) is 31.5 Å². The lowest BCUT2D eigenvalue weighted by molar-refractivity contribution is 2.15. The van der Waals surface area contributed by atoms with Crippen molar-refractivity contribution in [2.45, 2.75) is 0 Å². The van der Waals surface area contributed by atoms with Gasteiger partial charge in [-0.3, -0.25) is 0 Å². The summed E-state index contributed by atoms with van der Waals surface area (Å²) in [4.78, 5) is 0. The molecule has 0 aliphatic carbocycles. The topological polar surface area (TPSA) is 0 Å². The molecule has 0 aromatic heterocycles. The third-order valence-electron chi connectivity index (χ3n) is 0.655. The zero-order valence-electron chi connectivity index (χ0n) is 3.52. The van der Waals surface area contributed by atoms with Gasteiger partial charge in [0, 0.05) is 7.43 Å². The SMILES string of the molecule is B1C=CC=C1.[C]. The fourth-order valence-corrected chi connectivity index (χ4v) is 0.393. The summed E-state index contributed by atoms with van der Waals surface area (Å²) in [5.41, 5.74) is 0. The number of allylic oxidation sites excluding steroid dienone is 2. The summed E-state index contributed by atoms with van der Waals surface area (Å²) in [6, 6.07) is 0. The minimum absolute atomic E-state index is 0. The van der Waals surface area contributed by atoms with E-state index in [-0.39, 0.29) is 7.43 Å². The Bertz CT molecular complexity index is 62.0. The highest BCUT2D eigenvalue weighted by molar-refractivity contribution is 6.49. The third-order valence-corrected chi connectivity index (χ3v) is 0.655. The molecular formula is C5H5B. The van der Waals surface area contributed by atoms with Gasteiger partial charge in [-0.05, 0) is 0 Å². The first-order valence-corrected chi connectivity index (χ1v) is 1.82. The van der Waals surface area contributed by atoms with Gasteiger partial charge in [-0.1, -0.05) is 12.2 Å². The Labute approximate surface area is 39.8 Å². The Morgan fingerprint density at radius 3 is 1.67 bits per heavy atom. The molecule has 0 aromatic carbocycles. The highest BCUT2D eigenvalue weighted by Gasteiger charge is 1.76. The standard InChI is InChI=1S/C4H5B.C/c1-2-4-5-3-1;/h1-5H;. The second-order valence-corrected chi connectivity index (χ2v) is 1.09. The van der Waals surface area contributed by atoms with Crippen molar-refractivity contribution in [3.63, 3.8) is 0 Å². The van der Waals surface area contributed by atoms with Crippen molar-refractivity contribution in [1.82, 2.24) is 0 Å². The summed E-state index contributed by atoms with van der Waals surface area (Å²) in [6.07, 6.45) is 4.11. The van der Waals surface area contributed by atoms with E-state index in [1.807, 2.05) is 0 Å². The Hall–Kier alpha value is -0.455. The van der Waals surface area contributed by atoms with Gasteiger partial charge in [0.25, 0.3) is 0 Å². The van der Waals surface area contributed by atoms with Crippen LogP contribution in [-0.4, -0.2) is 7.28 Å². The van der Waals surface area contributed by atoms with Crippen LogP contribution in [0.1, 0.15) is 0 Å². The molecule has 4 radical (unpaired) electrons. The average Bonchev–Trinajstić information content (AvgIpc) is 1.76. The Balaban J connectivity index is 0.000000250. The molecule has 0 unspecified atom stereocenters. The quantitative estimate of drug-likeness (QED) is 0.369. The summed E-state index contributed by atoms with van der Waals surface area (Å²) in [5.74, 6) is 4.25. The van der Waals surface area contributed by atoms with Gasteiger partial charge in [0.15, 0.2) is 7.28 Å². The fourth-order valence-electron chi connectivity index (χ4n) is 0.393. The van der Waals surface area contributed by atoms with Crippen LogP contribution in [0.25, 0.3) is 0 Å². The Morgan fingerprint density at radius 1 is 1.00 bits per heavy atom. The molecule has 1 rings (SSSR count). The first-order chi connectivity index (χ1) is 2.50. The molecule has 28 valence electrons. The minimum Gasteiger partial charge on any atom is -0.114 e. The maximum Gasteiger partial charge on any atom is 0.173 e. The van der Waals surface area contributed by atoms with Gasteiger partial charge in [0.05, 0.1) is 0 Å². The van der Waals surface area contributed by atoms with Gasteiger partial charge >= 0.3 is 0 Å². The van der Waals surface area contributed by atoms with Gasteiger partial charge in [-0.15, -0.1) is 12.0 Å². The largest absolute Gasteiger partial charge is 0.173 e. The van der Waals surface area contributed by atoms with Gasteiger partial charge in [0.1, 0.15) is 0 Å². The van der Waals surface area contributed by atoms with E-state index in [1.165, 1.54) is 0 Å². The Morgan fingerprint density at radius 2 is 1.50 bits per heavy atom. The van der Waals surface area contributed by atoms with E-state index in [4.69, 9.17) is 0 Å². The van der Waals surface area contributed by atoms with Crippen molar-refractivity contribution < 1.29 is 0 Å². The van der Waals surface area contributed by atoms with E-state index in [0.29, 0.717) is 0 Å². The molecule has 0 saturated heterocycles. The monoisotopic (exact) mass is 76.0 g/mol. The van der Waals surface area contributed by atoms with Gasteiger partial charge in [-0.25, -0.2) is 0 Å². The second kappa shape index (κ2) is 2.76. The number of hydrogen-bond donors (Lipinski definition) is 0. The van der Waals surface area contributed by atoms with Crippen LogP contribution in [0.5, 0.6) is 0 Å². The van der Waals surface area contributed by atoms with E-state index < -0.39 is 0 Å². The third kappa shape index (κ3) is 1.11. The Kier molecular flexibility index (Phi) is 2.56. The zero-order valence-corrected chi connectivity index (χ0v) is 3.52. The molecule has 0 atom stereocenters. The summed E-state index contributed by atoms with van der Waals surface area (Å²) < 4.78 is 0. The van der Waals surface area contributed by atoms with E-state index in [9.17, 15) is 0 Å². The predicted molar refractivity (Wildman–Crippen MR) is 28.7 cm³/mol.